The van der Waals surface area contributed by atoms with E-state index in [2.05, 4.69) is 5.32 Å². The highest BCUT2D eigenvalue weighted by atomic mass is 16.2. The Morgan fingerprint density at radius 1 is 1.12 bits per heavy atom. The maximum atomic E-state index is 11.2. The lowest BCUT2D eigenvalue weighted by Crippen LogP contribution is -2.50. The SMILES string of the molecule is Cc1ccc(CN2CC(=O)NC(=O)C2)cc1. The van der Waals surface area contributed by atoms with Gasteiger partial charge in [0.15, 0.2) is 0 Å². The summed E-state index contributed by atoms with van der Waals surface area (Å²) in [5, 5.41) is 2.28. The summed E-state index contributed by atoms with van der Waals surface area (Å²) in [5.41, 5.74) is 2.32. The number of rotatable bonds is 2. The van der Waals surface area contributed by atoms with Gasteiger partial charge in [0.25, 0.3) is 0 Å². The first kappa shape index (κ1) is 10.8. The number of carbonyl (C=O) groups excluding carboxylic acids is 2. The summed E-state index contributed by atoms with van der Waals surface area (Å²) < 4.78 is 0. The molecule has 2 amide bonds. The molecule has 0 radical (unpaired) electrons. The largest absolute Gasteiger partial charge is 0.294 e. The van der Waals surface area contributed by atoms with Crippen LogP contribution in [0.1, 0.15) is 11.1 Å². The normalized spacial score (nSPS) is 17.3. The first-order valence-electron chi connectivity index (χ1n) is 5.24. The quantitative estimate of drug-likeness (QED) is 0.733. The van der Waals surface area contributed by atoms with Crippen LogP contribution in [0.5, 0.6) is 0 Å². The number of piperazine rings is 1. The molecule has 0 aromatic heterocycles. The molecule has 1 saturated heterocycles. The van der Waals surface area contributed by atoms with Gasteiger partial charge in [0.2, 0.25) is 11.8 Å². The summed E-state index contributed by atoms with van der Waals surface area (Å²) in [4.78, 5) is 24.1. The predicted octanol–water partition coefficient (Wildman–Crippen LogP) is 0.453. The van der Waals surface area contributed by atoms with E-state index in [0.717, 1.165) is 5.56 Å². The van der Waals surface area contributed by atoms with Crippen molar-refractivity contribution >= 4 is 11.8 Å². The molecule has 1 fully saturated rings. The Bertz CT molecular complexity index is 396. The number of nitrogens with one attached hydrogen (secondary N) is 1. The molecule has 0 saturated carbocycles. The summed E-state index contributed by atoms with van der Waals surface area (Å²) in [7, 11) is 0. The average Bonchev–Trinajstić information content (AvgIpc) is 2.20. The number of nitrogens with zero attached hydrogens (tertiary/aromatic N) is 1. The van der Waals surface area contributed by atoms with E-state index in [4.69, 9.17) is 0 Å². The minimum atomic E-state index is -0.219. The fourth-order valence-electron chi connectivity index (χ4n) is 1.76. The van der Waals surface area contributed by atoms with Crippen molar-refractivity contribution in [2.24, 2.45) is 0 Å². The van der Waals surface area contributed by atoms with Crippen LogP contribution in [0.25, 0.3) is 0 Å². The Hall–Kier alpha value is -1.68. The molecule has 4 nitrogen and oxygen atoms in total. The van der Waals surface area contributed by atoms with Crippen LogP contribution in [0.15, 0.2) is 24.3 Å². The van der Waals surface area contributed by atoms with E-state index in [0.29, 0.717) is 19.6 Å². The molecular formula is C12H14N2O2. The van der Waals surface area contributed by atoms with Crippen LogP contribution in [0.2, 0.25) is 0 Å². The highest BCUT2D eigenvalue weighted by molar-refractivity contribution is 5.99. The zero-order valence-corrected chi connectivity index (χ0v) is 9.19. The predicted molar refractivity (Wildman–Crippen MR) is 59.6 cm³/mol. The van der Waals surface area contributed by atoms with Crippen molar-refractivity contribution in [1.82, 2.24) is 10.2 Å². The summed E-state index contributed by atoms with van der Waals surface area (Å²) in [6.45, 7) is 3.25. The Morgan fingerprint density at radius 3 is 2.25 bits per heavy atom. The van der Waals surface area contributed by atoms with E-state index in [9.17, 15) is 9.59 Å². The van der Waals surface area contributed by atoms with E-state index in [1.807, 2.05) is 36.1 Å². The molecule has 16 heavy (non-hydrogen) atoms. The molecule has 1 N–H and O–H groups in total. The van der Waals surface area contributed by atoms with E-state index in [-0.39, 0.29) is 11.8 Å². The van der Waals surface area contributed by atoms with Gasteiger partial charge in [-0.1, -0.05) is 29.8 Å². The molecular weight excluding hydrogens is 204 g/mol. The van der Waals surface area contributed by atoms with Crippen LogP contribution in [-0.2, 0) is 16.1 Å². The van der Waals surface area contributed by atoms with Crippen molar-refractivity contribution in [2.45, 2.75) is 13.5 Å². The number of hydrogen-bond donors (Lipinski definition) is 1. The van der Waals surface area contributed by atoms with Gasteiger partial charge >= 0.3 is 0 Å². The van der Waals surface area contributed by atoms with Crippen LogP contribution in [0.4, 0.5) is 0 Å². The third-order valence-corrected chi connectivity index (χ3v) is 2.54. The van der Waals surface area contributed by atoms with Crippen LogP contribution in [0.3, 0.4) is 0 Å². The van der Waals surface area contributed by atoms with Gasteiger partial charge in [0.05, 0.1) is 13.1 Å². The van der Waals surface area contributed by atoms with Crippen molar-refractivity contribution in [1.29, 1.82) is 0 Å². The van der Waals surface area contributed by atoms with Crippen LogP contribution in [0, 0.1) is 6.92 Å². The van der Waals surface area contributed by atoms with Crippen molar-refractivity contribution in [3.05, 3.63) is 35.4 Å². The van der Waals surface area contributed by atoms with Crippen LogP contribution >= 0.6 is 0 Å². The third-order valence-electron chi connectivity index (χ3n) is 2.54. The highest BCUT2D eigenvalue weighted by Crippen LogP contribution is 2.07. The fraction of sp³-hybridized carbons (Fsp3) is 0.333. The van der Waals surface area contributed by atoms with E-state index in [1.54, 1.807) is 0 Å². The zero-order chi connectivity index (χ0) is 11.5. The first-order chi connectivity index (χ1) is 7.63. The second-order valence-electron chi connectivity index (χ2n) is 4.10. The summed E-state index contributed by atoms with van der Waals surface area (Å²) in [6.07, 6.45) is 0. The lowest BCUT2D eigenvalue weighted by molar-refractivity contribution is -0.136. The maximum absolute atomic E-state index is 11.2. The van der Waals surface area contributed by atoms with Gasteiger partial charge in [-0.2, -0.15) is 0 Å². The second-order valence-corrected chi connectivity index (χ2v) is 4.10. The molecule has 0 aliphatic carbocycles. The van der Waals surface area contributed by atoms with Crippen molar-refractivity contribution in [3.63, 3.8) is 0 Å². The van der Waals surface area contributed by atoms with Gasteiger partial charge in [0, 0.05) is 6.54 Å². The first-order valence-corrected chi connectivity index (χ1v) is 5.24. The van der Waals surface area contributed by atoms with E-state index in [1.165, 1.54) is 5.56 Å². The minimum absolute atomic E-state index is 0.219. The number of benzene rings is 1. The highest BCUT2D eigenvalue weighted by Gasteiger charge is 2.21. The van der Waals surface area contributed by atoms with Gasteiger partial charge in [-0.25, -0.2) is 0 Å². The Balaban J connectivity index is 2.01. The molecule has 84 valence electrons. The molecule has 1 aromatic rings. The molecule has 1 heterocycles. The molecule has 0 atom stereocenters. The van der Waals surface area contributed by atoms with Gasteiger partial charge in [-0.15, -0.1) is 0 Å². The Labute approximate surface area is 94.2 Å². The van der Waals surface area contributed by atoms with Crippen molar-refractivity contribution < 1.29 is 9.59 Å². The number of carbonyl (C=O) groups is 2. The van der Waals surface area contributed by atoms with Gasteiger partial charge in [0.1, 0.15) is 0 Å². The van der Waals surface area contributed by atoms with Gasteiger partial charge in [-0.05, 0) is 12.5 Å². The van der Waals surface area contributed by atoms with Crippen LogP contribution in [-0.4, -0.2) is 29.8 Å². The summed E-state index contributed by atoms with van der Waals surface area (Å²) in [6, 6.07) is 8.10. The van der Waals surface area contributed by atoms with Crippen molar-refractivity contribution in [2.75, 3.05) is 13.1 Å². The minimum Gasteiger partial charge on any atom is -0.294 e. The van der Waals surface area contributed by atoms with Gasteiger partial charge < -0.3 is 0 Å². The molecule has 1 aliphatic rings. The monoisotopic (exact) mass is 218 g/mol. The smallest absolute Gasteiger partial charge is 0.240 e. The van der Waals surface area contributed by atoms with E-state index >= 15 is 0 Å². The average molecular weight is 218 g/mol. The van der Waals surface area contributed by atoms with Crippen molar-refractivity contribution in [3.8, 4) is 0 Å². The Morgan fingerprint density at radius 2 is 1.69 bits per heavy atom. The zero-order valence-electron chi connectivity index (χ0n) is 9.19. The fourth-order valence-corrected chi connectivity index (χ4v) is 1.76. The van der Waals surface area contributed by atoms with Crippen LogP contribution < -0.4 is 5.32 Å². The molecule has 0 unspecified atom stereocenters. The topological polar surface area (TPSA) is 49.4 Å². The Kier molecular flexibility index (Phi) is 3.01. The molecule has 0 spiro atoms. The lowest BCUT2D eigenvalue weighted by Gasteiger charge is -2.25. The summed E-state index contributed by atoms with van der Waals surface area (Å²) >= 11 is 0. The molecule has 0 bridgehead atoms. The standard InChI is InChI=1S/C12H14N2O2/c1-9-2-4-10(5-3-9)6-14-7-11(15)13-12(16)8-14/h2-5H,6-8H2,1H3,(H,13,15,16). The maximum Gasteiger partial charge on any atom is 0.240 e. The number of imide groups is 1. The third kappa shape index (κ3) is 2.67. The second kappa shape index (κ2) is 4.45. The number of aryl methyl sites for hydroxylation is 1. The van der Waals surface area contributed by atoms with Gasteiger partial charge in [-0.3, -0.25) is 19.8 Å². The number of amides is 2. The molecule has 1 aromatic carbocycles. The molecule has 1 aliphatic heterocycles. The lowest BCUT2D eigenvalue weighted by atomic mass is 10.1. The summed E-state index contributed by atoms with van der Waals surface area (Å²) in [5.74, 6) is -0.438. The molecule has 2 rings (SSSR count). The molecule has 4 heteroatoms. The number of hydrogen-bond acceptors (Lipinski definition) is 3. The van der Waals surface area contributed by atoms with E-state index < -0.39 is 0 Å².